The van der Waals surface area contributed by atoms with Crippen LogP contribution in [0.3, 0.4) is 0 Å². The molecule has 0 saturated heterocycles. The summed E-state index contributed by atoms with van der Waals surface area (Å²) < 4.78 is 56.9. The Morgan fingerprint density at radius 1 is 0.774 bits per heavy atom. The first-order chi connectivity index (χ1) is 15.0. The van der Waals surface area contributed by atoms with E-state index in [9.17, 15) is 17.6 Å². The zero-order chi connectivity index (χ0) is 22.4. The summed E-state index contributed by atoms with van der Waals surface area (Å²) in [7, 11) is 0. The molecule has 3 rings (SSSR count). The Hall–Kier alpha value is -3.26. The first-order valence-electron chi connectivity index (χ1n) is 9.61. The molecule has 6 heteroatoms. The van der Waals surface area contributed by atoms with Gasteiger partial charge < -0.3 is 0 Å². The minimum absolute atomic E-state index is 0.0310. The summed E-state index contributed by atoms with van der Waals surface area (Å²) in [5.41, 5.74) is 0.680. The topological polar surface area (TPSA) is 12.4 Å². The second-order valence-corrected chi connectivity index (χ2v) is 6.99. The smallest absolute Gasteiger partial charge is 0.189 e. The van der Waals surface area contributed by atoms with E-state index in [0.717, 1.165) is 24.8 Å². The minimum Gasteiger partial charge on any atom is -0.203 e. The second-order valence-electron chi connectivity index (χ2n) is 6.81. The summed E-state index contributed by atoms with van der Waals surface area (Å²) in [5, 5.41) is 1.71. The van der Waals surface area contributed by atoms with E-state index < -0.39 is 34.5 Å². The van der Waals surface area contributed by atoms with Crippen LogP contribution in [0.2, 0.25) is 0 Å². The molecular weight excluding hydrogens is 422 g/mol. The van der Waals surface area contributed by atoms with E-state index in [-0.39, 0.29) is 5.56 Å². The van der Waals surface area contributed by atoms with Crippen LogP contribution < -0.4 is 0 Å². The predicted molar refractivity (Wildman–Crippen MR) is 117 cm³/mol. The maximum atomic E-state index is 14.4. The Balaban J connectivity index is 1.87. The largest absolute Gasteiger partial charge is 0.203 e. The molecule has 0 aliphatic carbocycles. The number of thiocarbonyl (C=S) groups is 1. The molecule has 0 radical (unpaired) electrons. The molecule has 3 aromatic carbocycles. The standard InChI is InChI=1S/C25H17F4NS/c1-2-3-4-16-5-7-17(8-6-16)9-10-18-11-13-19(14-12-18)20-21(26)23(28)25(30-15-31)24(29)22(20)27/h5-8,11-14H,2-4H2,1H3. The molecule has 0 aliphatic rings. The number of benzene rings is 3. The third-order valence-electron chi connectivity index (χ3n) is 4.70. The number of halogens is 4. The fourth-order valence-electron chi connectivity index (χ4n) is 3.02. The number of aryl methyl sites for hydroxylation is 1. The van der Waals surface area contributed by atoms with Crippen molar-refractivity contribution in [3.8, 4) is 23.0 Å². The van der Waals surface area contributed by atoms with Crippen molar-refractivity contribution < 1.29 is 17.6 Å². The molecule has 1 nitrogen and oxygen atoms in total. The third kappa shape index (κ3) is 5.08. The molecule has 0 amide bonds. The monoisotopic (exact) mass is 439 g/mol. The molecule has 0 saturated carbocycles. The van der Waals surface area contributed by atoms with Crippen LogP contribution >= 0.6 is 12.2 Å². The second kappa shape index (κ2) is 10.2. The van der Waals surface area contributed by atoms with Crippen molar-refractivity contribution >= 4 is 23.1 Å². The average Bonchev–Trinajstić information content (AvgIpc) is 2.79. The van der Waals surface area contributed by atoms with Gasteiger partial charge in [0, 0.05) is 11.1 Å². The molecule has 0 fully saturated rings. The van der Waals surface area contributed by atoms with Gasteiger partial charge in [0.1, 0.15) is 0 Å². The van der Waals surface area contributed by atoms with Crippen molar-refractivity contribution in [2.24, 2.45) is 4.99 Å². The van der Waals surface area contributed by atoms with Crippen LogP contribution in [0.4, 0.5) is 23.2 Å². The van der Waals surface area contributed by atoms with Gasteiger partial charge >= 0.3 is 0 Å². The lowest BCUT2D eigenvalue weighted by atomic mass is 10.0. The highest BCUT2D eigenvalue weighted by atomic mass is 32.1. The lowest BCUT2D eigenvalue weighted by Gasteiger charge is -2.09. The van der Waals surface area contributed by atoms with Crippen molar-refractivity contribution in [2.45, 2.75) is 26.2 Å². The number of unbranched alkanes of at least 4 members (excludes halogenated alkanes) is 1. The Morgan fingerprint density at radius 3 is 1.77 bits per heavy atom. The number of hydrogen-bond donors (Lipinski definition) is 0. The zero-order valence-corrected chi connectivity index (χ0v) is 17.4. The van der Waals surface area contributed by atoms with Gasteiger partial charge in [0.2, 0.25) is 0 Å². The number of nitrogens with zero attached hydrogens (tertiary/aromatic N) is 1. The van der Waals surface area contributed by atoms with E-state index >= 15 is 0 Å². The summed E-state index contributed by atoms with van der Waals surface area (Å²) in [5.74, 6) is -0.378. The summed E-state index contributed by atoms with van der Waals surface area (Å²) in [6.07, 6.45) is 3.30. The van der Waals surface area contributed by atoms with E-state index in [1.165, 1.54) is 29.8 Å². The number of hydrogen-bond acceptors (Lipinski definition) is 2. The Morgan fingerprint density at radius 2 is 1.29 bits per heavy atom. The molecule has 0 N–H and O–H groups in total. The zero-order valence-electron chi connectivity index (χ0n) is 16.6. The van der Waals surface area contributed by atoms with Crippen LogP contribution in [0.25, 0.3) is 11.1 Å². The van der Waals surface area contributed by atoms with Crippen molar-refractivity contribution in [3.05, 3.63) is 88.5 Å². The lowest BCUT2D eigenvalue weighted by molar-refractivity contribution is 0.462. The summed E-state index contributed by atoms with van der Waals surface area (Å²) in [4.78, 5) is 3.07. The van der Waals surface area contributed by atoms with E-state index in [1.54, 1.807) is 5.16 Å². The fourth-order valence-corrected chi connectivity index (χ4v) is 3.11. The van der Waals surface area contributed by atoms with Crippen molar-refractivity contribution in [3.63, 3.8) is 0 Å². The Kier molecular flexibility index (Phi) is 7.36. The molecule has 0 spiro atoms. The number of rotatable bonds is 5. The van der Waals surface area contributed by atoms with Crippen LogP contribution in [0, 0.1) is 35.1 Å². The van der Waals surface area contributed by atoms with E-state index in [2.05, 4.69) is 36.0 Å². The first kappa shape index (κ1) is 22.4. The van der Waals surface area contributed by atoms with Crippen LogP contribution in [0.1, 0.15) is 36.5 Å². The van der Waals surface area contributed by atoms with Gasteiger partial charge in [-0.1, -0.05) is 49.5 Å². The molecule has 0 aliphatic heterocycles. The molecular formula is C25H17F4NS. The number of isothiocyanates is 1. The van der Waals surface area contributed by atoms with Crippen molar-refractivity contribution in [1.82, 2.24) is 0 Å². The molecule has 0 bridgehead atoms. The van der Waals surface area contributed by atoms with Crippen LogP contribution in [-0.2, 0) is 6.42 Å². The van der Waals surface area contributed by atoms with E-state index in [0.29, 0.717) is 5.56 Å². The molecule has 156 valence electrons. The Labute approximate surface area is 183 Å². The van der Waals surface area contributed by atoms with Crippen LogP contribution in [0.15, 0.2) is 53.5 Å². The quantitative estimate of drug-likeness (QED) is 0.133. The molecule has 31 heavy (non-hydrogen) atoms. The molecule has 0 aromatic heterocycles. The summed E-state index contributed by atoms with van der Waals surface area (Å²) >= 11 is 4.26. The Bertz CT molecular complexity index is 1170. The highest BCUT2D eigenvalue weighted by Gasteiger charge is 2.26. The van der Waals surface area contributed by atoms with Crippen molar-refractivity contribution in [1.29, 1.82) is 0 Å². The molecule has 0 atom stereocenters. The number of aliphatic imine (C=N–C) groups is 1. The highest BCUT2D eigenvalue weighted by molar-refractivity contribution is 7.78. The maximum Gasteiger partial charge on any atom is 0.189 e. The van der Waals surface area contributed by atoms with Crippen LogP contribution in [0.5, 0.6) is 0 Å². The highest BCUT2D eigenvalue weighted by Crippen LogP contribution is 2.35. The van der Waals surface area contributed by atoms with Gasteiger partial charge in [-0.3, -0.25) is 0 Å². The van der Waals surface area contributed by atoms with Gasteiger partial charge in [0.05, 0.1) is 10.7 Å². The fraction of sp³-hybridized carbons (Fsp3) is 0.160. The SMILES string of the molecule is CCCCc1ccc(C#Cc2ccc(-c3c(F)c(F)c(N=C=S)c(F)c3F)cc2)cc1. The maximum absolute atomic E-state index is 14.4. The summed E-state index contributed by atoms with van der Waals surface area (Å²) in [6.45, 7) is 2.14. The van der Waals surface area contributed by atoms with Gasteiger partial charge in [-0.2, -0.15) is 4.99 Å². The van der Waals surface area contributed by atoms with Gasteiger partial charge in [0.25, 0.3) is 0 Å². The molecule has 0 unspecified atom stereocenters. The van der Waals surface area contributed by atoms with Crippen molar-refractivity contribution in [2.75, 3.05) is 0 Å². The van der Waals surface area contributed by atoms with Gasteiger partial charge in [-0.05, 0) is 60.5 Å². The van der Waals surface area contributed by atoms with E-state index in [1.807, 2.05) is 24.3 Å². The third-order valence-corrected chi connectivity index (χ3v) is 4.79. The predicted octanol–water partition coefficient (Wildman–Crippen LogP) is 7.39. The normalized spacial score (nSPS) is 10.2. The van der Waals surface area contributed by atoms with E-state index in [4.69, 9.17) is 0 Å². The first-order valence-corrected chi connectivity index (χ1v) is 10.0. The van der Waals surface area contributed by atoms with Gasteiger partial charge in [0.15, 0.2) is 29.0 Å². The summed E-state index contributed by atoms with van der Waals surface area (Å²) in [6, 6.07) is 13.7. The lowest BCUT2D eigenvalue weighted by Crippen LogP contribution is -2.00. The average molecular weight is 439 g/mol. The van der Waals surface area contributed by atoms with Gasteiger partial charge in [-0.15, -0.1) is 0 Å². The molecule has 3 aromatic rings. The minimum atomic E-state index is -1.63. The molecule has 0 heterocycles. The van der Waals surface area contributed by atoms with Gasteiger partial charge in [-0.25, -0.2) is 17.6 Å². The van der Waals surface area contributed by atoms with Crippen LogP contribution in [-0.4, -0.2) is 5.16 Å².